The first-order valence-electron chi connectivity index (χ1n) is 8.93. The first-order valence-corrected chi connectivity index (χ1v) is 8.93. The van der Waals surface area contributed by atoms with Crippen LogP contribution in [0.2, 0.25) is 0 Å². The molecule has 0 aliphatic heterocycles. The molecule has 0 radical (unpaired) electrons. The van der Waals surface area contributed by atoms with E-state index >= 15 is 0 Å². The molecule has 3 heteroatoms. The van der Waals surface area contributed by atoms with Gasteiger partial charge in [0, 0.05) is 13.1 Å². The molecule has 2 fully saturated rings. The van der Waals surface area contributed by atoms with Gasteiger partial charge in [-0.05, 0) is 38.5 Å². The highest BCUT2D eigenvalue weighted by atomic mass is 15.3. The number of aryl methyl sites for hydroxylation is 2. The van der Waals surface area contributed by atoms with E-state index in [0.29, 0.717) is 6.04 Å². The quantitative estimate of drug-likeness (QED) is 0.882. The number of hydrogen-bond acceptors (Lipinski definition) is 2. The molecule has 1 aromatic rings. The molecule has 1 heterocycles. The number of hydrogen-bond donors (Lipinski definition) is 1. The summed E-state index contributed by atoms with van der Waals surface area (Å²) in [4.78, 5) is 0. The highest BCUT2D eigenvalue weighted by molar-refractivity contribution is 5.52. The number of nitrogens with zero attached hydrogens (tertiary/aromatic N) is 2. The fourth-order valence-electron chi connectivity index (χ4n) is 4.63. The van der Waals surface area contributed by atoms with Crippen LogP contribution in [0.25, 0.3) is 0 Å². The van der Waals surface area contributed by atoms with Crippen molar-refractivity contribution >= 4 is 5.69 Å². The molecule has 0 amide bonds. The SMILES string of the molecule is Cc1nn(C)c(C)c1NC1CCCCC1C1CCCCC1. The molecule has 0 saturated heterocycles. The predicted molar refractivity (Wildman–Crippen MR) is 88.6 cm³/mol. The van der Waals surface area contributed by atoms with E-state index in [-0.39, 0.29) is 0 Å². The Kier molecular flexibility index (Phi) is 4.56. The lowest BCUT2D eigenvalue weighted by Gasteiger charge is -2.39. The molecule has 0 aromatic carbocycles. The van der Waals surface area contributed by atoms with Gasteiger partial charge in [-0.1, -0.05) is 44.9 Å². The molecule has 1 aromatic heterocycles. The van der Waals surface area contributed by atoms with Gasteiger partial charge < -0.3 is 5.32 Å². The Labute approximate surface area is 129 Å². The zero-order chi connectivity index (χ0) is 14.8. The molecule has 2 saturated carbocycles. The molecule has 21 heavy (non-hydrogen) atoms. The summed E-state index contributed by atoms with van der Waals surface area (Å²) in [5.74, 6) is 1.85. The summed E-state index contributed by atoms with van der Waals surface area (Å²) in [5.41, 5.74) is 3.73. The van der Waals surface area contributed by atoms with Crippen LogP contribution in [0.1, 0.15) is 69.2 Å². The van der Waals surface area contributed by atoms with Gasteiger partial charge in [0.2, 0.25) is 0 Å². The molecule has 2 atom stereocenters. The molecule has 2 unspecified atom stereocenters. The lowest BCUT2D eigenvalue weighted by molar-refractivity contribution is 0.180. The number of nitrogens with one attached hydrogen (secondary N) is 1. The molecule has 2 aliphatic rings. The van der Waals surface area contributed by atoms with Crippen molar-refractivity contribution in [3.05, 3.63) is 11.4 Å². The first-order chi connectivity index (χ1) is 10.2. The van der Waals surface area contributed by atoms with E-state index in [4.69, 9.17) is 0 Å². The van der Waals surface area contributed by atoms with Crippen molar-refractivity contribution in [3.8, 4) is 0 Å². The third-order valence-electron chi connectivity index (χ3n) is 5.91. The van der Waals surface area contributed by atoms with Gasteiger partial charge in [0.05, 0.1) is 17.1 Å². The van der Waals surface area contributed by atoms with Crippen LogP contribution < -0.4 is 5.32 Å². The van der Waals surface area contributed by atoms with Crippen molar-refractivity contribution in [2.45, 2.75) is 77.7 Å². The third kappa shape index (κ3) is 3.12. The van der Waals surface area contributed by atoms with Gasteiger partial charge in [-0.3, -0.25) is 4.68 Å². The van der Waals surface area contributed by atoms with Gasteiger partial charge in [-0.25, -0.2) is 0 Å². The topological polar surface area (TPSA) is 29.9 Å². The maximum Gasteiger partial charge on any atom is 0.0827 e. The Morgan fingerprint density at radius 2 is 1.62 bits per heavy atom. The lowest BCUT2D eigenvalue weighted by Crippen LogP contribution is -2.37. The fourth-order valence-corrected chi connectivity index (χ4v) is 4.63. The molecular weight excluding hydrogens is 258 g/mol. The van der Waals surface area contributed by atoms with Crippen molar-refractivity contribution in [2.24, 2.45) is 18.9 Å². The average molecular weight is 289 g/mol. The van der Waals surface area contributed by atoms with Crippen molar-refractivity contribution in [1.29, 1.82) is 0 Å². The maximum absolute atomic E-state index is 4.57. The Bertz CT molecular complexity index is 471. The minimum Gasteiger partial charge on any atom is -0.379 e. The highest BCUT2D eigenvalue weighted by Gasteiger charge is 2.33. The van der Waals surface area contributed by atoms with E-state index in [1.807, 2.05) is 11.7 Å². The normalized spacial score (nSPS) is 27.8. The van der Waals surface area contributed by atoms with Gasteiger partial charge in [0.25, 0.3) is 0 Å². The highest BCUT2D eigenvalue weighted by Crippen LogP contribution is 2.40. The molecule has 3 nitrogen and oxygen atoms in total. The van der Waals surface area contributed by atoms with Crippen LogP contribution in [0.5, 0.6) is 0 Å². The molecule has 3 rings (SSSR count). The van der Waals surface area contributed by atoms with Gasteiger partial charge >= 0.3 is 0 Å². The predicted octanol–water partition coefficient (Wildman–Crippen LogP) is 4.59. The standard InChI is InChI=1S/C18H31N3/c1-13-18(14(2)21(3)20-13)19-17-12-8-7-11-16(17)15-9-5-4-6-10-15/h15-17,19H,4-12H2,1-3H3. The second kappa shape index (κ2) is 6.41. The van der Waals surface area contributed by atoms with Gasteiger partial charge in [-0.2, -0.15) is 5.10 Å². The van der Waals surface area contributed by atoms with E-state index in [0.717, 1.165) is 17.5 Å². The van der Waals surface area contributed by atoms with Crippen LogP contribution >= 0.6 is 0 Å². The summed E-state index contributed by atoms with van der Waals surface area (Å²) in [6.07, 6.45) is 12.9. The van der Waals surface area contributed by atoms with E-state index < -0.39 is 0 Å². The van der Waals surface area contributed by atoms with E-state index in [1.54, 1.807) is 0 Å². The lowest BCUT2D eigenvalue weighted by atomic mass is 9.71. The summed E-state index contributed by atoms with van der Waals surface area (Å²) in [7, 11) is 2.05. The van der Waals surface area contributed by atoms with Crippen LogP contribution in [-0.4, -0.2) is 15.8 Å². The summed E-state index contributed by atoms with van der Waals surface area (Å²) < 4.78 is 2.01. The maximum atomic E-state index is 4.57. The Balaban J connectivity index is 1.74. The number of rotatable bonds is 3. The van der Waals surface area contributed by atoms with E-state index in [9.17, 15) is 0 Å². The van der Waals surface area contributed by atoms with E-state index in [2.05, 4.69) is 24.3 Å². The van der Waals surface area contributed by atoms with Crippen molar-refractivity contribution in [1.82, 2.24) is 9.78 Å². The molecule has 118 valence electrons. The molecule has 0 bridgehead atoms. The molecular formula is C18H31N3. The monoisotopic (exact) mass is 289 g/mol. The minimum atomic E-state index is 0.670. The number of aromatic nitrogens is 2. The molecule has 1 N–H and O–H groups in total. The van der Waals surface area contributed by atoms with Crippen LogP contribution in [-0.2, 0) is 7.05 Å². The van der Waals surface area contributed by atoms with Crippen LogP contribution in [0, 0.1) is 25.7 Å². The van der Waals surface area contributed by atoms with Gasteiger partial charge in [-0.15, -0.1) is 0 Å². The second-order valence-corrected chi connectivity index (χ2v) is 7.27. The van der Waals surface area contributed by atoms with Crippen LogP contribution in [0.15, 0.2) is 0 Å². The van der Waals surface area contributed by atoms with Crippen molar-refractivity contribution in [3.63, 3.8) is 0 Å². The number of anilines is 1. The Hall–Kier alpha value is -0.990. The summed E-state index contributed by atoms with van der Waals surface area (Å²) in [6, 6.07) is 0.670. The molecule has 0 spiro atoms. The summed E-state index contributed by atoms with van der Waals surface area (Å²) in [6.45, 7) is 4.31. The van der Waals surface area contributed by atoms with Crippen molar-refractivity contribution < 1.29 is 0 Å². The summed E-state index contributed by atoms with van der Waals surface area (Å²) in [5, 5.41) is 8.47. The summed E-state index contributed by atoms with van der Waals surface area (Å²) >= 11 is 0. The fraction of sp³-hybridized carbons (Fsp3) is 0.833. The Morgan fingerprint density at radius 3 is 2.29 bits per heavy atom. The zero-order valence-electron chi connectivity index (χ0n) is 14.0. The van der Waals surface area contributed by atoms with Gasteiger partial charge in [0.15, 0.2) is 0 Å². The second-order valence-electron chi connectivity index (χ2n) is 7.27. The van der Waals surface area contributed by atoms with Crippen molar-refractivity contribution in [2.75, 3.05) is 5.32 Å². The van der Waals surface area contributed by atoms with E-state index in [1.165, 1.54) is 69.2 Å². The van der Waals surface area contributed by atoms with Gasteiger partial charge in [0.1, 0.15) is 0 Å². The van der Waals surface area contributed by atoms with Crippen LogP contribution in [0.3, 0.4) is 0 Å². The largest absolute Gasteiger partial charge is 0.379 e. The first kappa shape index (κ1) is 14.9. The minimum absolute atomic E-state index is 0.670. The third-order valence-corrected chi connectivity index (χ3v) is 5.91. The molecule has 2 aliphatic carbocycles. The zero-order valence-corrected chi connectivity index (χ0v) is 14.0. The average Bonchev–Trinajstić information content (AvgIpc) is 2.75. The Morgan fingerprint density at radius 1 is 0.952 bits per heavy atom. The smallest absolute Gasteiger partial charge is 0.0827 e. The van der Waals surface area contributed by atoms with Crippen LogP contribution in [0.4, 0.5) is 5.69 Å².